The Morgan fingerprint density at radius 1 is 1.13 bits per heavy atom. The first-order valence-corrected chi connectivity index (χ1v) is 9.71. The molecule has 0 bridgehead atoms. The number of anilines is 1. The molecule has 0 aromatic heterocycles. The molecule has 0 radical (unpaired) electrons. The van der Waals surface area contributed by atoms with Crippen LogP contribution in [-0.4, -0.2) is 49.0 Å². The van der Waals surface area contributed by atoms with Gasteiger partial charge in [0.25, 0.3) is 0 Å². The molecule has 1 aromatic rings. The molecule has 2 saturated heterocycles. The van der Waals surface area contributed by atoms with E-state index in [1.165, 1.54) is 5.75 Å². The molecule has 6 heteroatoms. The lowest BCUT2D eigenvalue weighted by atomic mass is 9.77. The summed E-state index contributed by atoms with van der Waals surface area (Å²) in [5.74, 6) is 1.50. The molecule has 3 nitrogen and oxygen atoms in total. The lowest BCUT2D eigenvalue weighted by molar-refractivity contribution is -0.127. The number of hydrogen-bond acceptors (Lipinski definition) is 3. The maximum absolute atomic E-state index is 13.0. The Hall–Kier alpha value is -0.420. The Kier molecular flexibility index (Phi) is 6.66. The van der Waals surface area contributed by atoms with E-state index in [0.29, 0.717) is 10.9 Å². The summed E-state index contributed by atoms with van der Waals surface area (Å²) >= 11 is 7.83. The quantitative estimate of drug-likeness (QED) is 0.796. The minimum Gasteiger partial charge on any atom is -0.312 e. The molecule has 2 aliphatic rings. The summed E-state index contributed by atoms with van der Waals surface area (Å²) < 4.78 is 0. The Balaban J connectivity index is 0.00000192. The molecule has 0 atom stereocenters. The van der Waals surface area contributed by atoms with Crippen molar-refractivity contribution in [1.82, 2.24) is 4.90 Å². The molecular weight excluding hydrogens is 351 g/mol. The number of thioether (sulfide) groups is 1. The molecule has 2 heterocycles. The highest BCUT2D eigenvalue weighted by atomic mass is 35.5. The van der Waals surface area contributed by atoms with Crippen LogP contribution in [0.3, 0.4) is 0 Å². The second-order valence-corrected chi connectivity index (χ2v) is 7.72. The van der Waals surface area contributed by atoms with Crippen LogP contribution in [0.25, 0.3) is 0 Å². The highest BCUT2D eigenvalue weighted by Crippen LogP contribution is 2.43. The van der Waals surface area contributed by atoms with E-state index in [-0.39, 0.29) is 17.8 Å². The number of piperidine rings is 1. The van der Waals surface area contributed by atoms with Crippen LogP contribution >= 0.6 is 35.8 Å². The Morgan fingerprint density at radius 3 is 2.35 bits per heavy atom. The topological polar surface area (TPSA) is 23.6 Å². The lowest BCUT2D eigenvalue weighted by Crippen LogP contribution is -2.45. The van der Waals surface area contributed by atoms with E-state index in [1.807, 2.05) is 40.9 Å². The minimum atomic E-state index is -0.116. The van der Waals surface area contributed by atoms with Gasteiger partial charge in [-0.05, 0) is 62.9 Å². The largest absolute Gasteiger partial charge is 0.312 e. The molecule has 2 fully saturated rings. The zero-order chi connectivity index (χ0) is 15.6. The number of amides is 1. The molecule has 0 aliphatic carbocycles. The molecule has 23 heavy (non-hydrogen) atoms. The van der Waals surface area contributed by atoms with Gasteiger partial charge in [0, 0.05) is 29.6 Å². The number of hydrogen-bond donors (Lipinski definition) is 0. The van der Waals surface area contributed by atoms with Crippen molar-refractivity contribution in [1.29, 1.82) is 0 Å². The fourth-order valence-corrected chi connectivity index (χ4v) is 4.14. The summed E-state index contributed by atoms with van der Waals surface area (Å²) in [6, 6.07) is 7.63. The van der Waals surface area contributed by atoms with Crippen LogP contribution < -0.4 is 4.90 Å². The Morgan fingerprint density at radius 2 is 1.74 bits per heavy atom. The van der Waals surface area contributed by atoms with Gasteiger partial charge in [-0.1, -0.05) is 11.6 Å². The van der Waals surface area contributed by atoms with E-state index >= 15 is 0 Å². The summed E-state index contributed by atoms with van der Waals surface area (Å²) in [7, 11) is 0. The van der Waals surface area contributed by atoms with Gasteiger partial charge in [-0.2, -0.15) is 11.8 Å². The second-order valence-electron chi connectivity index (χ2n) is 6.30. The number of nitrogens with zero attached hydrogens (tertiary/aromatic N) is 2. The third-order valence-electron chi connectivity index (χ3n) is 5.08. The average Bonchev–Trinajstić information content (AvgIpc) is 2.85. The van der Waals surface area contributed by atoms with Crippen molar-refractivity contribution in [3.8, 4) is 0 Å². The zero-order valence-corrected chi connectivity index (χ0v) is 15.9. The first-order chi connectivity index (χ1) is 10.6. The monoisotopic (exact) mass is 374 g/mol. The third kappa shape index (κ3) is 3.98. The molecule has 1 aromatic carbocycles. The summed E-state index contributed by atoms with van der Waals surface area (Å²) in [5, 5.41) is 0.715. The molecule has 0 saturated carbocycles. The highest BCUT2D eigenvalue weighted by molar-refractivity contribution is 7.98. The third-order valence-corrected chi connectivity index (χ3v) is 5.92. The molecule has 0 N–H and O–H groups in total. The van der Waals surface area contributed by atoms with E-state index in [4.69, 9.17) is 11.6 Å². The van der Waals surface area contributed by atoms with Crippen molar-refractivity contribution >= 4 is 47.4 Å². The van der Waals surface area contributed by atoms with E-state index in [1.54, 1.807) is 0 Å². The van der Waals surface area contributed by atoms with Crippen molar-refractivity contribution in [3.05, 3.63) is 29.3 Å². The average molecular weight is 375 g/mol. The van der Waals surface area contributed by atoms with Crippen LogP contribution in [0.2, 0.25) is 5.02 Å². The van der Waals surface area contributed by atoms with Gasteiger partial charge in [0.15, 0.2) is 0 Å². The summed E-state index contributed by atoms with van der Waals surface area (Å²) in [5.41, 5.74) is 0.867. The number of rotatable bonds is 4. The highest BCUT2D eigenvalue weighted by Gasteiger charge is 2.48. The van der Waals surface area contributed by atoms with Crippen molar-refractivity contribution in [2.24, 2.45) is 5.41 Å². The molecular formula is C17H24Cl2N2OS. The maximum atomic E-state index is 13.0. The van der Waals surface area contributed by atoms with Crippen LogP contribution in [0.5, 0.6) is 0 Å². The normalized spacial score (nSPS) is 20.8. The van der Waals surface area contributed by atoms with E-state index in [2.05, 4.69) is 11.2 Å². The summed E-state index contributed by atoms with van der Waals surface area (Å²) in [4.78, 5) is 17.4. The van der Waals surface area contributed by atoms with E-state index in [9.17, 15) is 4.79 Å². The molecule has 1 amide bonds. The fraction of sp³-hybridized carbons (Fsp3) is 0.588. The lowest BCUT2D eigenvalue weighted by Gasteiger charge is -2.37. The van der Waals surface area contributed by atoms with Crippen LogP contribution in [0.15, 0.2) is 24.3 Å². The predicted molar refractivity (Wildman–Crippen MR) is 102 cm³/mol. The summed E-state index contributed by atoms with van der Waals surface area (Å²) in [6.07, 6.45) is 5.15. The SMILES string of the molecule is CSCCN1CCC2(CC1)CCN(c1ccc(Cl)cc1)C2=O.Cl. The van der Waals surface area contributed by atoms with Gasteiger partial charge in [-0.25, -0.2) is 0 Å². The first kappa shape index (κ1) is 18.9. The van der Waals surface area contributed by atoms with Gasteiger partial charge in [0.05, 0.1) is 5.41 Å². The maximum Gasteiger partial charge on any atom is 0.233 e. The van der Waals surface area contributed by atoms with Crippen molar-refractivity contribution in [2.75, 3.05) is 43.1 Å². The van der Waals surface area contributed by atoms with Gasteiger partial charge < -0.3 is 9.80 Å². The molecule has 3 rings (SSSR count). The van der Waals surface area contributed by atoms with Gasteiger partial charge in [-0.3, -0.25) is 4.79 Å². The van der Waals surface area contributed by atoms with Crippen molar-refractivity contribution in [3.63, 3.8) is 0 Å². The van der Waals surface area contributed by atoms with Crippen molar-refractivity contribution < 1.29 is 4.79 Å². The zero-order valence-electron chi connectivity index (χ0n) is 13.5. The van der Waals surface area contributed by atoms with Gasteiger partial charge in [-0.15, -0.1) is 12.4 Å². The second kappa shape index (κ2) is 8.11. The van der Waals surface area contributed by atoms with Gasteiger partial charge >= 0.3 is 0 Å². The first-order valence-electron chi connectivity index (χ1n) is 7.93. The van der Waals surface area contributed by atoms with Crippen molar-refractivity contribution in [2.45, 2.75) is 19.3 Å². The van der Waals surface area contributed by atoms with Crippen LogP contribution in [0, 0.1) is 5.41 Å². The van der Waals surface area contributed by atoms with Crippen LogP contribution in [-0.2, 0) is 4.79 Å². The molecule has 0 unspecified atom stereocenters. The molecule has 2 aliphatic heterocycles. The van der Waals surface area contributed by atoms with E-state index in [0.717, 1.165) is 51.1 Å². The molecule has 1 spiro atoms. The summed E-state index contributed by atoms with van der Waals surface area (Å²) in [6.45, 7) is 4.10. The van der Waals surface area contributed by atoms with Crippen LogP contribution in [0.4, 0.5) is 5.69 Å². The number of carbonyl (C=O) groups is 1. The predicted octanol–water partition coefficient (Wildman–Crippen LogP) is 3.94. The fourth-order valence-electron chi connectivity index (χ4n) is 3.58. The Bertz CT molecular complexity index is 530. The van der Waals surface area contributed by atoms with Crippen LogP contribution in [0.1, 0.15) is 19.3 Å². The Labute approximate surface area is 154 Å². The number of halogens is 2. The smallest absolute Gasteiger partial charge is 0.233 e. The number of likely N-dealkylation sites (tertiary alicyclic amines) is 1. The molecule has 128 valence electrons. The standard InChI is InChI=1S/C17H23ClN2OS.ClH/c1-22-13-12-19-9-6-17(7-10-19)8-11-20(16(17)21)15-4-2-14(18)3-5-15;/h2-5H,6-13H2,1H3;1H. The van der Waals surface area contributed by atoms with Gasteiger partial charge in [0.2, 0.25) is 5.91 Å². The van der Waals surface area contributed by atoms with Gasteiger partial charge in [0.1, 0.15) is 0 Å². The number of carbonyl (C=O) groups excluding carboxylic acids is 1. The minimum absolute atomic E-state index is 0. The number of benzene rings is 1. The van der Waals surface area contributed by atoms with E-state index < -0.39 is 0 Å².